The van der Waals surface area contributed by atoms with Gasteiger partial charge in [0.15, 0.2) is 5.16 Å². The SMILES string of the molecule is CCn1c(SCC(=O)O)nnc1C1Cc2ccccc2S1. The molecule has 1 aromatic carbocycles. The predicted molar refractivity (Wildman–Crippen MR) is 82.8 cm³/mol. The van der Waals surface area contributed by atoms with Gasteiger partial charge < -0.3 is 9.67 Å². The third-order valence-corrected chi connectivity index (χ3v) is 5.59. The summed E-state index contributed by atoms with van der Waals surface area (Å²) in [6.45, 7) is 2.78. The molecule has 0 spiro atoms. The first kappa shape index (κ1) is 14.5. The smallest absolute Gasteiger partial charge is 0.313 e. The third kappa shape index (κ3) is 2.94. The van der Waals surface area contributed by atoms with Gasteiger partial charge in [0.05, 0.1) is 11.0 Å². The predicted octanol–water partition coefficient (Wildman–Crippen LogP) is 2.86. The fraction of sp³-hybridized carbons (Fsp3) is 0.357. The van der Waals surface area contributed by atoms with Gasteiger partial charge in [0.2, 0.25) is 0 Å². The number of aromatic nitrogens is 3. The molecule has 2 heterocycles. The Hall–Kier alpha value is -1.47. The molecule has 1 atom stereocenters. The number of thioether (sulfide) groups is 2. The van der Waals surface area contributed by atoms with Gasteiger partial charge in [-0.3, -0.25) is 4.79 Å². The van der Waals surface area contributed by atoms with Gasteiger partial charge in [0, 0.05) is 11.4 Å². The Morgan fingerprint density at radius 2 is 2.29 bits per heavy atom. The summed E-state index contributed by atoms with van der Waals surface area (Å²) in [4.78, 5) is 12.0. The quantitative estimate of drug-likeness (QED) is 0.854. The number of fused-ring (bicyclic) bond motifs is 1. The monoisotopic (exact) mass is 321 g/mol. The highest BCUT2D eigenvalue weighted by Crippen LogP contribution is 2.46. The highest BCUT2D eigenvalue weighted by molar-refractivity contribution is 8.00. The second-order valence-electron chi connectivity index (χ2n) is 4.69. The van der Waals surface area contributed by atoms with Crippen LogP contribution in [0.4, 0.5) is 0 Å². The molecule has 1 aliphatic rings. The van der Waals surface area contributed by atoms with Gasteiger partial charge in [-0.05, 0) is 25.0 Å². The number of carbonyl (C=O) groups is 1. The number of carboxylic acid groups (broad SMARTS) is 1. The lowest BCUT2D eigenvalue weighted by atomic mass is 10.1. The molecule has 0 amide bonds. The minimum absolute atomic E-state index is 0.0101. The molecule has 1 unspecified atom stereocenters. The first-order valence-electron chi connectivity index (χ1n) is 6.71. The van der Waals surface area contributed by atoms with Crippen LogP contribution >= 0.6 is 23.5 Å². The Morgan fingerprint density at radius 1 is 1.48 bits per heavy atom. The molecule has 110 valence electrons. The molecule has 1 aromatic heterocycles. The van der Waals surface area contributed by atoms with E-state index in [0.717, 1.165) is 18.8 Å². The van der Waals surface area contributed by atoms with Crippen LogP contribution in [-0.2, 0) is 17.8 Å². The van der Waals surface area contributed by atoms with Crippen LogP contribution in [0.3, 0.4) is 0 Å². The van der Waals surface area contributed by atoms with E-state index in [1.54, 1.807) is 0 Å². The molecule has 0 radical (unpaired) electrons. The first-order chi connectivity index (χ1) is 10.2. The summed E-state index contributed by atoms with van der Waals surface area (Å²) in [5.74, 6) is 0.109. The van der Waals surface area contributed by atoms with Crippen molar-refractivity contribution >= 4 is 29.5 Å². The van der Waals surface area contributed by atoms with Crippen LogP contribution in [0.5, 0.6) is 0 Å². The number of benzene rings is 1. The van der Waals surface area contributed by atoms with E-state index in [1.165, 1.54) is 22.2 Å². The Bertz CT molecular complexity index is 647. The molecule has 5 nitrogen and oxygen atoms in total. The van der Waals surface area contributed by atoms with Gasteiger partial charge in [-0.2, -0.15) is 0 Å². The molecule has 1 aliphatic heterocycles. The second-order valence-corrected chi connectivity index (χ2v) is 6.87. The van der Waals surface area contributed by atoms with E-state index >= 15 is 0 Å². The Kier molecular flexibility index (Phi) is 4.21. The highest BCUT2D eigenvalue weighted by atomic mass is 32.2. The lowest BCUT2D eigenvalue weighted by molar-refractivity contribution is -0.133. The standard InChI is InChI=1S/C14H15N3O2S2/c1-2-17-13(15-16-14(17)20-8-12(18)19)11-7-9-5-3-4-6-10(9)21-11/h3-6,11H,2,7-8H2,1H3,(H,18,19). The van der Waals surface area contributed by atoms with E-state index in [-0.39, 0.29) is 11.0 Å². The van der Waals surface area contributed by atoms with Crippen molar-refractivity contribution < 1.29 is 9.90 Å². The summed E-state index contributed by atoms with van der Waals surface area (Å²) in [7, 11) is 0. The van der Waals surface area contributed by atoms with Crippen LogP contribution in [0.2, 0.25) is 0 Å². The Morgan fingerprint density at radius 3 is 3.00 bits per heavy atom. The fourth-order valence-corrected chi connectivity index (χ4v) is 4.43. The molecule has 2 aromatic rings. The molecule has 0 fully saturated rings. The molecule has 0 saturated heterocycles. The maximum atomic E-state index is 10.7. The summed E-state index contributed by atoms with van der Waals surface area (Å²) >= 11 is 3.03. The summed E-state index contributed by atoms with van der Waals surface area (Å²) < 4.78 is 2.02. The number of hydrogen-bond donors (Lipinski definition) is 1. The number of rotatable bonds is 5. The number of nitrogens with zero attached hydrogens (tertiary/aromatic N) is 3. The molecule has 0 bridgehead atoms. The van der Waals surface area contributed by atoms with Crippen LogP contribution < -0.4 is 0 Å². The molecule has 1 N–H and O–H groups in total. The van der Waals surface area contributed by atoms with Crippen molar-refractivity contribution in [1.82, 2.24) is 14.8 Å². The summed E-state index contributed by atoms with van der Waals surface area (Å²) in [6.07, 6.45) is 0.947. The van der Waals surface area contributed by atoms with Gasteiger partial charge in [0.1, 0.15) is 5.82 Å². The van der Waals surface area contributed by atoms with E-state index in [4.69, 9.17) is 5.11 Å². The molecule has 21 heavy (non-hydrogen) atoms. The largest absolute Gasteiger partial charge is 0.481 e. The van der Waals surface area contributed by atoms with Crippen molar-refractivity contribution in [2.75, 3.05) is 5.75 Å². The molecular weight excluding hydrogens is 306 g/mol. The molecular formula is C14H15N3O2S2. The van der Waals surface area contributed by atoms with Crippen molar-refractivity contribution in [1.29, 1.82) is 0 Å². The van der Waals surface area contributed by atoms with Crippen LogP contribution in [0.15, 0.2) is 34.3 Å². The molecule has 0 saturated carbocycles. The van der Waals surface area contributed by atoms with Crippen molar-refractivity contribution in [3.8, 4) is 0 Å². The zero-order valence-corrected chi connectivity index (χ0v) is 13.2. The van der Waals surface area contributed by atoms with Gasteiger partial charge in [0.25, 0.3) is 0 Å². The maximum Gasteiger partial charge on any atom is 0.313 e. The van der Waals surface area contributed by atoms with E-state index < -0.39 is 5.97 Å². The van der Waals surface area contributed by atoms with E-state index in [9.17, 15) is 4.79 Å². The van der Waals surface area contributed by atoms with Gasteiger partial charge in [-0.1, -0.05) is 30.0 Å². The van der Waals surface area contributed by atoms with E-state index in [0.29, 0.717) is 5.16 Å². The average molecular weight is 321 g/mol. The van der Waals surface area contributed by atoms with Crippen LogP contribution in [0.1, 0.15) is 23.6 Å². The lowest BCUT2D eigenvalue weighted by Gasteiger charge is -2.10. The topological polar surface area (TPSA) is 68.0 Å². The first-order valence-corrected chi connectivity index (χ1v) is 8.57. The third-order valence-electron chi connectivity index (χ3n) is 3.32. The minimum atomic E-state index is -0.838. The lowest BCUT2D eigenvalue weighted by Crippen LogP contribution is -2.07. The van der Waals surface area contributed by atoms with Gasteiger partial charge in [-0.25, -0.2) is 0 Å². The zero-order chi connectivity index (χ0) is 14.8. The summed E-state index contributed by atoms with van der Waals surface area (Å²) in [6, 6.07) is 8.38. The van der Waals surface area contributed by atoms with Crippen molar-refractivity contribution in [3.63, 3.8) is 0 Å². The average Bonchev–Trinajstić information content (AvgIpc) is 3.07. The summed E-state index contributed by atoms with van der Waals surface area (Å²) in [5.41, 5.74) is 1.35. The molecule has 3 rings (SSSR count). The van der Waals surface area contributed by atoms with Gasteiger partial charge in [-0.15, -0.1) is 22.0 Å². The second kappa shape index (κ2) is 6.11. The van der Waals surface area contributed by atoms with Gasteiger partial charge >= 0.3 is 5.97 Å². The van der Waals surface area contributed by atoms with E-state index in [1.807, 2.05) is 29.3 Å². The highest BCUT2D eigenvalue weighted by Gasteiger charge is 2.28. The molecule has 0 aliphatic carbocycles. The van der Waals surface area contributed by atoms with Crippen LogP contribution in [0, 0.1) is 0 Å². The zero-order valence-electron chi connectivity index (χ0n) is 11.5. The number of carboxylic acids is 1. The van der Waals surface area contributed by atoms with Crippen molar-refractivity contribution in [2.45, 2.75) is 35.2 Å². The summed E-state index contributed by atoms with van der Waals surface area (Å²) in [5, 5.41) is 18.2. The normalized spacial score (nSPS) is 16.9. The fourth-order valence-electron chi connectivity index (χ4n) is 2.39. The maximum absolute atomic E-state index is 10.7. The number of aliphatic carboxylic acids is 1. The number of hydrogen-bond acceptors (Lipinski definition) is 5. The molecule has 7 heteroatoms. The van der Waals surface area contributed by atoms with Crippen molar-refractivity contribution in [2.24, 2.45) is 0 Å². The van der Waals surface area contributed by atoms with Crippen LogP contribution in [-0.4, -0.2) is 31.6 Å². The Balaban J connectivity index is 1.82. The van der Waals surface area contributed by atoms with Crippen molar-refractivity contribution in [3.05, 3.63) is 35.7 Å². The Labute approximate surface area is 131 Å². The van der Waals surface area contributed by atoms with E-state index in [2.05, 4.69) is 28.4 Å². The van der Waals surface area contributed by atoms with Crippen LogP contribution in [0.25, 0.3) is 0 Å². The minimum Gasteiger partial charge on any atom is -0.481 e.